The summed E-state index contributed by atoms with van der Waals surface area (Å²) in [5.74, 6) is 0. The third kappa shape index (κ3) is 7.63. The van der Waals surface area contributed by atoms with Crippen LogP contribution >= 0.6 is 0 Å². The van der Waals surface area contributed by atoms with Crippen LogP contribution in [0.2, 0.25) is 0 Å². The van der Waals surface area contributed by atoms with Crippen molar-refractivity contribution >= 4 is 94.9 Å². The highest BCUT2D eigenvalue weighted by Gasteiger charge is 2.22. The third-order valence-corrected chi connectivity index (χ3v) is 13.5. The molecular weight excluding hydrogens is 865 g/mol. The maximum absolute atomic E-state index is 6.80. The van der Waals surface area contributed by atoms with Crippen molar-refractivity contribution in [3.63, 3.8) is 0 Å². The quantitative estimate of drug-likeness (QED) is 0.129. The van der Waals surface area contributed by atoms with E-state index in [2.05, 4.69) is 298 Å². The highest BCUT2D eigenvalue weighted by Crippen LogP contribution is 2.45. The maximum Gasteiger partial charge on any atom is 0.137 e. The number of rotatable bonds is 11. The molecule has 0 N–H and O–H groups in total. The highest BCUT2D eigenvalue weighted by atomic mass is 16.3. The monoisotopic (exact) mass is 910 g/mol. The molecule has 11 aromatic carbocycles. The summed E-state index contributed by atoms with van der Waals surface area (Å²) in [6.45, 7) is 0. The van der Waals surface area contributed by atoms with Gasteiger partial charge in [0.2, 0.25) is 0 Å². The van der Waals surface area contributed by atoms with Crippen molar-refractivity contribution in [1.82, 2.24) is 4.57 Å². The minimum absolute atomic E-state index is 0.822. The van der Waals surface area contributed by atoms with Gasteiger partial charge in [0.05, 0.1) is 11.0 Å². The topological polar surface area (TPSA) is 27.8 Å². The van der Waals surface area contributed by atoms with Crippen LogP contribution < -0.4 is 14.7 Å². The van der Waals surface area contributed by atoms with Gasteiger partial charge in [-0.1, -0.05) is 140 Å². The summed E-state index contributed by atoms with van der Waals surface area (Å²) in [4.78, 5) is 7.01. The standard InChI is InChI=1S/C66H46N4O/c1-7-21-49(22-8-1)67(50-23-9-2-10-24-50)57-41-48(42-58(44-57)68(51-25-11-3-12-26-51)52-27-13-4-14-28-52)47-35-40-65-62(43-47)61-39-37-56(46-66(61)71-65)69(53-29-15-5-16-30-53)55-36-38-60-59-33-19-20-34-63(59)70(64(60)45-55)54-31-17-6-18-32-54/h1-46H. The number of aromatic nitrogens is 1. The number of furan rings is 1. The summed E-state index contributed by atoms with van der Waals surface area (Å²) in [5, 5.41) is 4.55. The molecule has 13 rings (SSSR count). The molecule has 0 aliphatic rings. The van der Waals surface area contributed by atoms with Crippen molar-refractivity contribution in [3.8, 4) is 16.8 Å². The van der Waals surface area contributed by atoms with Crippen molar-refractivity contribution < 1.29 is 4.42 Å². The molecular formula is C66H46N4O. The van der Waals surface area contributed by atoms with Gasteiger partial charge in [-0.25, -0.2) is 0 Å². The molecule has 0 amide bonds. The van der Waals surface area contributed by atoms with Gasteiger partial charge in [0, 0.05) is 84.5 Å². The SMILES string of the molecule is c1ccc(N(c2ccccc2)c2cc(-c3ccc4oc5cc(N(c6ccccc6)c6ccc7c8ccccc8n(-c8ccccc8)c7c6)ccc5c4c3)cc(N(c3ccccc3)c3ccccc3)c2)cc1. The van der Waals surface area contributed by atoms with Crippen LogP contribution in [0.3, 0.4) is 0 Å². The second-order valence-corrected chi connectivity index (χ2v) is 17.8. The summed E-state index contributed by atoms with van der Waals surface area (Å²) in [5.41, 5.74) is 16.8. The Kier molecular flexibility index (Phi) is 10.4. The molecule has 13 aromatic rings. The van der Waals surface area contributed by atoms with Gasteiger partial charge in [-0.05, 0) is 145 Å². The number of hydrogen-bond donors (Lipinski definition) is 0. The van der Waals surface area contributed by atoms with Crippen LogP contribution in [-0.4, -0.2) is 4.57 Å². The Morgan fingerprint density at radius 2 is 0.676 bits per heavy atom. The van der Waals surface area contributed by atoms with Crippen LogP contribution in [-0.2, 0) is 0 Å². The second-order valence-electron chi connectivity index (χ2n) is 17.8. The molecule has 5 heteroatoms. The van der Waals surface area contributed by atoms with Gasteiger partial charge < -0.3 is 23.7 Å². The van der Waals surface area contributed by atoms with Crippen molar-refractivity contribution in [2.24, 2.45) is 0 Å². The maximum atomic E-state index is 6.80. The lowest BCUT2D eigenvalue weighted by Gasteiger charge is -2.30. The van der Waals surface area contributed by atoms with Crippen LogP contribution in [0.15, 0.2) is 283 Å². The van der Waals surface area contributed by atoms with Gasteiger partial charge in [0.25, 0.3) is 0 Å². The van der Waals surface area contributed by atoms with Crippen molar-refractivity contribution in [2.75, 3.05) is 14.7 Å². The molecule has 0 aliphatic heterocycles. The molecule has 0 radical (unpaired) electrons. The Bertz CT molecular complexity index is 3810. The summed E-state index contributed by atoms with van der Waals surface area (Å²) < 4.78 is 9.17. The van der Waals surface area contributed by atoms with E-state index in [9.17, 15) is 0 Å². The van der Waals surface area contributed by atoms with Crippen LogP contribution in [0.1, 0.15) is 0 Å². The van der Waals surface area contributed by atoms with Crippen molar-refractivity contribution in [1.29, 1.82) is 0 Å². The Hall–Kier alpha value is -9.58. The molecule has 0 fully saturated rings. The molecule has 71 heavy (non-hydrogen) atoms. The summed E-state index contributed by atoms with van der Waals surface area (Å²) >= 11 is 0. The number of anilines is 9. The van der Waals surface area contributed by atoms with Gasteiger partial charge >= 0.3 is 0 Å². The fourth-order valence-corrected chi connectivity index (χ4v) is 10.3. The number of fused-ring (bicyclic) bond motifs is 6. The molecule has 336 valence electrons. The lowest BCUT2D eigenvalue weighted by molar-refractivity contribution is 0.669. The summed E-state index contributed by atoms with van der Waals surface area (Å²) in [7, 11) is 0. The minimum atomic E-state index is 0.822. The average Bonchev–Trinajstić information content (AvgIpc) is 3.97. The summed E-state index contributed by atoms with van der Waals surface area (Å²) in [6, 6.07) is 99.3. The van der Waals surface area contributed by atoms with Crippen molar-refractivity contribution in [3.05, 3.63) is 279 Å². The Balaban J connectivity index is 0.962. The van der Waals surface area contributed by atoms with Gasteiger partial charge in [-0.15, -0.1) is 0 Å². The number of nitrogens with zero attached hydrogens (tertiary/aromatic N) is 4. The van der Waals surface area contributed by atoms with E-state index in [4.69, 9.17) is 4.42 Å². The third-order valence-electron chi connectivity index (χ3n) is 13.5. The Morgan fingerprint density at radius 3 is 1.21 bits per heavy atom. The van der Waals surface area contributed by atoms with Gasteiger partial charge in [0.1, 0.15) is 11.2 Å². The Labute approximate surface area is 412 Å². The highest BCUT2D eigenvalue weighted by molar-refractivity contribution is 6.11. The lowest BCUT2D eigenvalue weighted by Crippen LogP contribution is -2.13. The van der Waals surface area contributed by atoms with Crippen LogP contribution in [0.25, 0.3) is 60.6 Å². The van der Waals surface area contributed by atoms with Crippen LogP contribution in [0.5, 0.6) is 0 Å². The van der Waals surface area contributed by atoms with Gasteiger partial charge in [-0.3, -0.25) is 0 Å². The zero-order chi connectivity index (χ0) is 47.1. The largest absolute Gasteiger partial charge is 0.456 e. The first-order valence-electron chi connectivity index (χ1n) is 24.1. The van der Waals surface area contributed by atoms with E-state index < -0.39 is 0 Å². The van der Waals surface area contributed by atoms with E-state index >= 15 is 0 Å². The van der Waals surface area contributed by atoms with Crippen LogP contribution in [0, 0.1) is 0 Å². The van der Waals surface area contributed by atoms with E-state index in [-0.39, 0.29) is 0 Å². The molecule has 0 unspecified atom stereocenters. The number of benzene rings is 11. The van der Waals surface area contributed by atoms with Crippen LogP contribution in [0.4, 0.5) is 51.2 Å². The normalized spacial score (nSPS) is 11.4. The molecule has 0 aliphatic carbocycles. The average molecular weight is 911 g/mol. The van der Waals surface area contributed by atoms with Gasteiger partial charge in [-0.2, -0.15) is 0 Å². The molecule has 0 spiro atoms. The van der Waals surface area contributed by atoms with E-state index in [1.165, 1.54) is 16.3 Å². The van der Waals surface area contributed by atoms with E-state index in [0.717, 1.165) is 95.5 Å². The molecule has 0 saturated heterocycles. The van der Waals surface area contributed by atoms with E-state index in [0.29, 0.717) is 0 Å². The minimum Gasteiger partial charge on any atom is -0.456 e. The molecule has 0 atom stereocenters. The Morgan fingerprint density at radius 1 is 0.239 bits per heavy atom. The fourth-order valence-electron chi connectivity index (χ4n) is 10.3. The second kappa shape index (κ2) is 17.8. The van der Waals surface area contributed by atoms with E-state index in [1.807, 2.05) is 0 Å². The molecule has 0 bridgehead atoms. The lowest BCUT2D eigenvalue weighted by atomic mass is 10.00. The fraction of sp³-hybridized carbons (Fsp3) is 0. The predicted octanol–water partition coefficient (Wildman–Crippen LogP) is 18.8. The zero-order valence-corrected chi connectivity index (χ0v) is 38.8. The molecule has 0 saturated carbocycles. The smallest absolute Gasteiger partial charge is 0.137 e. The first-order chi connectivity index (χ1) is 35.2. The van der Waals surface area contributed by atoms with Crippen molar-refractivity contribution in [2.45, 2.75) is 0 Å². The first kappa shape index (κ1) is 41.6. The molecule has 2 aromatic heterocycles. The molecule has 2 heterocycles. The van der Waals surface area contributed by atoms with Gasteiger partial charge in [0.15, 0.2) is 0 Å². The molecule has 5 nitrogen and oxygen atoms in total. The summed E-state index contributed by atoms with van der Waals surface area (Å²) in [6.07, 6.45) is 0. The predicted molar refractivity (Wildman–Crippen MR) is 298 cm³/mol. The zero-order valence-electron chi connectivity index (χ0n) is 38.8. The first-order valence-corrected chi connectivity index (χ1v) is 24.1. The number of para-hydroxylation sites is 7. The number of hydrogen-bond acceptors (Lipinski definition) is 4. The van der Waals surface area contributed by atoms with E-state index in [1.54, 1.807) is 0 Å².